The van der Waals surface area contributed by atoms with Crippen molar-refractivity contribution in [2.75, 3.05) is 0 Å². The number of hydrogen-bond donors (Lipinski definition) is 0. The molecule has 0 radical (unpaired) electrons. The summed E-state index contributed by atoms with van der Waals surface area (Å²) in [6, 6.07) is 8.42. The van der Waals surface area contributed by atoms with Crippen molar-refractivity contribution in [3.8, 4) is 11.4 Å². The average Bonchev–Trinajstić information content (AvgIpc) is 3.05. The van der Waals surface area contributed by atoms with Gasteiger partial charge in [-0.25, -0.2) is 0 Å². The molecule has 0 amide bonds. The Labute approximate surface area is 144 Å². The number of aromatic nitrogens is 3. The Morgan fingerprint density at radius 1 is 1.12 bits per heavy atom. The van der Waals surface area contributed by atoms with E-state index in [1.165, 1.54) is 0 Å². The van der Waals surface area contributed by atoms with Crippen LogP contribution < -0.4 is 5.56 Å². The minimum absolute atomic E-state index is 0.0161. The Hall–Kier alpha value is -2.61. The minimum Gasteiger partial charge on any atom is -0.338 e. The van der Waals surface area contributed by atoms with Gasteiger partial charge in [0.2, 0.25) is 11.7 Å². The molecule has 0 fully saturated rings. The summed E-state index contributed by atoms with van der Waals surface area (Å²) in [4.78, 5) is 15.9. The fourth-order valence-electron chi connectivity index (χ4n) is 2.20. The van der Waals surface area contributed by atoms with Crippen LogP contribution in [0.25, 0.3) is 11.4 Å². The van der Waals surface area contributed by atoms with Crippen molar-refractivity contribution in [1.29, 1.82) is 0 Å². The topological polar surface area (TPSA) is 60.9 Å². The molecule has 9 heteroatoms. The molecule has 0 bridgehead atoms. The fraction of sp³-hybridized carbons (Fsp3) is 0.188. The highest BCUT2D eigenvalue weighted by Gasteiger charge is 2.31. The normalized spacial score (nSPS) is 11.7. The summed E-state index contributed by atoms with van der Waals surface area (Å²) in [7, 11) is 0. The Kier molecular flexibility index (Phi) is 4.63. The van der Waals surface area contributed by atoms with Crippen LogP contribution in [0.5, 0.6) is 0 Å². The van der Waals surface area contributed by atoms with E-state index in [-0.39, 0.29) is 18.3 Å². The summed E-state index contributed by atoms with van der Waals surface area (Å²) in [6.07, 6.45) is -3.69. The van der Waals surface area contributed by atoms with E-state index in [4.69, 9.17) is 16.1 Å². The van der Waals surface area contributed by atoms with Crippen LogP contribution in [0.15, 0.2) is 51.9 Å². The van der Waals surface area contributed by atoms with Gasteiger partial charge in [-0.1, -0.05) is 29.4 Å². The van der Waals surface area contributed by atoms with Crippen LogP contribution in [0, 0.1) is 0 Å². The second kappa shape index (κ2) is 6.72. The molecule has 0 aliphatic rings. The molecule has 25 heavy (non-hydrogen) atoms. The van der Waals surface area contributed by atoms with Crippen molar-refractivity contribution in [2.24, 2.45) is 0 Å². The summed E-state index contributed by atoms with van der Waals surface area (Å²) in [6.45, 7) is 0.0161. The molecule has 3 rings (SSSR count). The molecule has 0 atom stereocenters. The van der Waals surface area contributed by atoms with Crippen molar-refractivity contribution in [3.63, 3.8) is 0 Å². The van der Waals surface area contributed by atoms with E-state index in [0.717, 1.165) is 22.9 Å². The van der Waals surface area contributed by atoms with Gasteiger partial charge in [-0.05, 0) is 11.6 Å². The highest BCUT2D eigenvalue weighted by Crippen LogP contribution is 2.28. The number of nitrogens with zero attached hydrogens (tertiary/aromatic N) is 3. The molecule has 3 aromatic rings. The Morgan fingerprint density at radius 2 is 1.84 bits per heavy atom. The van der Waals surface area contributed by atoms with Gasteiger partial charge in [0.15, 0.2) is 0 Å². The molecule has 0 saturated carbocycles. The Morgan fingerprint density at radius 3 is 2.44 bits per heavy atom. The fourth-order valence-corrected chi connectivity index (χ4v) is 2.31. The van der Waals surface area contributed by atoms with Gasteiger partial charge in [0.1, 0.15) is 5.88 Å². The average molecular weight is 370 g/mol. The van der Waals surface area contributed by atoms with Crippen LogP contribution in [0.2, 0.25) is 0 Å². The van der Waals surface area contributed by atoms with Gasteiger partial charge < -0.3 is 9.09 Å². The van der Waals surface area contributed by atoms with Crippen LogP contribution in [-0.2, 0) is 18.6 Å². The maximum atomic E-state index is 12.8. The SMILES string of the molecule is O=c1ccc(C(F)(F)F)cn1Cc1ccc(-c2noc(CCl)n2)cc1. The monoisotopic (exact) mass is 369 g/mol. The van der Waals surface area contributed by atoms with Gasteiger partial charge in [0.05, 0.1) is 12.1 Å². The third-order valence-electron chi connectivity index (χ3n) is 3.46. The van der Waals surface area contributed by atoms with Gasteiger partial charge in [-0.3, -0.25) is 4.79 Å². The molecule has 2 aromatic heterocycles. The quantitative estimate of drug-likeness (QED) is 0.658. The van der Waals surface area contributed by atoms with E-state index in [0.29, 0.717) is 17.0 Å². The van der Waals surface area contributed by atoms with Crippen molar-refractivity contribution in [2.45, 2.75) is 18.6 Å². The van der Waals surface area contributed by atoms with Crippen LogP contribution in [0.4, 0.5) is 13.2 Å². The molecule has 0 aliphatic heterocycles. The van der Waals surface area contributed by atoms with Gasteiger partial charge in [-0.2, -0.15) is 18.2 Å². The Bertz CT molecular complexity index is 933. The molecule has 0 saturated heterocycles. The van der Waals surface area contributed by atoms with Crippen molar-refractivity contribution in [1.82, 2.24) is 14.7 Å². The van der Waals surface area contributed by atoms with Crippen molar-refractivity contribution >= 4 is 11.6 Å². The van der Waals surface area contributed by atoms with Crippen LogP contribution in [0.1, 0.15) is 17.0 Å². The molecule has 0 unspecified atom stereocenters. The predicted octanol–water partition coefficient (Wildman–Crippen LogP) is 3.70. The van der Waals surface area contributed by atoms with Gasteiger partial charge in [-0.15, -0.1) is 11.6 Å². The summed E-state index contributed by atoms with van der Waals surface area (Å²) in [5.74, 6) is 0.749. The highest BCUT2D eigenvalue weighted by molar-refractivity contribution is 6.16. The molecule has 0 spiro atoms. The van der Waals surface area contributed by atoms with Crippen LogP contribution >= 0.6 is 11.6 Å². The van der Waals surface area contributed by atoms with E-state index in [9.17, 15) is 18.0 Å². The van der Waals surface area contributed by atoms with Gasteiger partial charge >= 0.3 is 6.18 Å². The summed E-state index contributed by atoms with van der Waals surface area (Å²) in [5.41, 5.74) is -0.0578. The smallest absolute Gasteiger partial charge is 0.338 e. The summed E-state index contributed by atoms with van der Waals surface area (Å²) >= 11 is 5.59. The number of rotatable bonds is 4. The van der Waals surface area contributed by atoms with Crippen LogP contribution in [0.3, 0.4) is 0 Å². The van der Waals surface area contributed by atoms with E-state index in [2.05, 4.69) is 10.1 Å². The second-order valence-electron chi connectivity index (χ2n) is 5.22. The zero-order valence-electron chi connectivity index (χ0n) is 12.6. The third kappa shape index (κ3) is 3.90. The molecule has 2 heterocycles. The van der Waals surface area contributed by atoms with Crippen molar-refractivity contribution < 1.29 is 17.7 Å². The molecule has 0 aliphatic carbocycles. The number of hydrogen-bond acceptors (Lipinski definition) is 4. The minimum atomic E-state index is -4.50. The number of alkyl halides is 4. The summed E-state index contributed by atoms with van der Waals surface area (Å²) in [5, 5.41) is 3.77. The maximum absolute atomic E-state index is 12.8. The lowest BCUT2D eigenvalue weighted by molar-refractivity contribution is -0.138. The standard InChI is InChI=1S/C16H11ClF3N3O2/c17-7-13-21-15(22-25-13)11-3-1-10(2-4-11)8-23-9-12(16(18,19)20)5-6-14(23)24/h1-6,9H,7-8H2. The number of pyridine rings is 1. The molecule has 0 N–H and O–H groups in total. The molecular formula is C16H11ClF3N3O2. The second-order valence-corrected chi connectivity index (χ2v) is 5.49. The van der Waals surface area contributed by atoms with E-state index in [1.54, 1.807) is 24.3 Å². The Balaban J connectivity index is 1.83. The zero-order chi connectivity index (χ0) is 18.0. The lowest BCUT2D eigenvalue weighted by Gasteiger charge is -2.11. The number of benzene rings is 1. The van der Waals surface area contributed by atoms with E-state index in [1.807, 2.05) is 0 Å². The number of halogens is 4. The third-order valence-corrected chi connectivity index (χ3v) is 3.69. The van der Waals surface area contributed by atoms with Gasteiger partial charge in [0, 0.05) is 17.8 Å². The lowest BCUT2D eigenvalue weighted by atomic mass is 10.1. The van der Waals surface area contributed by atoms with Gasteiger partial charge in [0.25, 0.3) is 5.56 Å². The highest BCUT2D eigenvalue weighted by atomic mass is 35.5. The molecule has 1 aromatic carbocycles. The predicted molar refractivity (Wildman–Crippen MR) is 84.1 cm³/mol. The van der Waals surface area contributed by atoms with E-state index < -0.39 is 17.3 Å². The first-order valence-corrected chi connectivity index (χ1v) is 7.66. The van der Waals surface area contributed by atoms with E-state index >= 15 is 0 Å². The lowest BCUT2D eigenvalue weighted by Crippen LogP contribution is -2.21. The first-order valence-electron chi connectivity index (χ1n) is 7.12. The largest absolute Gasteiger partial charge is 0.417 e. The first-order chi connectivity index (χ1) is 11.9. The molecular weight excluding hydrogens is 359 g/mol. The first kappa shape index (κ1) is 17.2. The van der Waals surface area contributed by atoms with Crippen LogP contribution in [-0.4, -0.2) is 14.7 Å². The molecule has 130 valence electrons. The van der Waals surface area contributed by atoms with Crippen molar-refractivity contribution in [3.05, 3.63) is 70.0 Å². The zero-order valence-corrected chi connectivity index (χ0v) is 13.4. The molecule has 5 nitrogen and oxygen atoms in total. The maximum Gasteiger partial charge on any atom is 0.417 e. The summed E-state index contributed by atoms with van der Waals surface area (Å²) < 4.78 is 44.2.